The van der Waals surface area contributed by atoms with E-state index in [0.29, 0.717) is 30.5 Å². The molecule has 1 N–H and O–H groups in total. The van der Waals surface area contributed by atoms with Crippen molar-refractivity contribution in [1.82, 2.24) is 23.9 Å². The van der Waals surface area contributed by atoms with Gasteiger partial charge in [-0.05, 0) is 31.2 Å². The summed E-state index contributed by atoms with van der Waals surface area (Å²) in [6.07, 6.45) is 2.87. The molecule has 0 unspecified atom stereocenters. The first-order chi connectivity index (χ1) is 15.9. The van der Waals surface area contributed by atoms with Crippen LogP contribution < -0.4 is 10.3 Å². The third kappa shape index (κ3) is 3.87. The van der Waals surface area contributed by atoms with Gasteiger partial charge >= 0.3 is 5.97 Å². The van der Waals surface area contributed by atoms with Crippen LogP contribution >= 0.6 is 11.5 Å². The molecule has 11 heteroatoms. The Labute approximate surface area is 191 Å². The molecule has 33 heavy (non-hydrogen) atoms. The lowest BCUT2D eigenvalue weighted by molar-refractivity contribution is -0.123. The number of carboxylic acids is 1. The van der Waals surface area contributed by atoms with Crippen molar-refractivity contribution < 1.29 is 14.7 Å². The van der Waals surface area contributed by atoms with Gasteiger partial charge in [0.05, 0.1) is 11.3 Å². The van der Waals surface area contributed by atoms with Crippen molar-refractivity contribution in [1.29, 1.82) is 0 Å². The van der Waals surface area contributed by atoms with Gasteiger partial charge in [-0.2, -0.15) is 4.37 Å². The summed E-state index contributed by atoms with van der Waals surface area (Å²) in [5, 5.41) is 10.00. The van der Waals surface area contributed by atoms with E-state index in [-0.39, 0.29) is 28.3 Å². The average molecular weight is 462 g/mol. The van der Waals surface area contributed by atoms with Gasteiger partial charge in [-0.3, -0.25) is 19.1 Å². The number of hydrogen-bond acceptors (Lipinski definition) is 9. The Morgan fingerprint density at radius 2 is 2.00 bits per heavy atom. The normalized spacial score (nSPS) is 13.8. The van der Waals surface area contributed by atoms with Gasteiger partial charge in [0.2, 0.25) is 10.6 Å². The number of hydrogen-bond donors (Lipinski definition) is 1. The minimum Gasteiger partial charge on any atom is -0.477 e. The summed E-state index contributed by atoms with van der Waals surface area (Å²) < 4.78 is 5.43. The average Bonchev–Trinajstić information content (AvgIpc) is 3.27. The summed E-state index contributed by atoms with van der Waals surface area (Å²) in [6, 6.07) is 8.87. The zero-order chi connectivity index (χ0) is 23.1. The second-order valence-corrected chi connectivity index (χ2v) is 8.59. The number of Topliss-reactive ketones (excluding diaryl/α,β-unsaturated/α-hetero) is 1. The largest absolute Gasteiger partial charge is 0.477 e. The van der Waals surface area contributed by atoms with Gasteiger partial charge in [-0.15, -0.1) is 0 Å². The van der Waals surface area contributed by atoms with Crippen LogP contribution in [0.3, 0.4) is 0 Å². The molecule has 0 aliphatic carbocycles. The summed E-state index contributed by atoms with van der Waals surface area (Å²) >= 11 is 1.06. The minimum absolute atomic E-state index is 0.121. The van der Waals surface area contributed by atoms with E-state index in [1.165, 1.54) is 17.1 Å². The number of rotatable bonds is 6. The summed E-state index contributed by atoms with van der Waals surface area (Å²) in [6.45, 7) is 2.92. The Morgan fingerprint density at radius 3 is 2.70 bits per heavy atom. The third-order valence-corrected chi connectivity index (χ3v) is 6.25. The number of ketones is 1. The van der Waals surface area contributed by atoms with Crippen molar-refractivity contribution in [3.05, 3.63) is 70.0 Å². The third-order valence-electron chi connectivity index (χ3n) is 5.58. The SMILES string of the molecule is Cc1cccc(CC(=O)C2CN(c3ccc4c(=O)c(C(=O)O)cn(-c5ncns5)c4n3)C2)n1. The number of nitrogens with zero attached hydrogens (tertiary/aromatic N) is 6. The van der Waals surface area contributed by atoms with Crippen LogP contribution in [0.5, 0.6) is 0 Å². The van der Waals surface area contributed by atoms with Crippen LogP contribution in [0, 0.1) is 12.8 Å². The molecule has 4 aromatic rings. The second-order valence-electron chi connectivity index (χ2n) is 7.83. The van der Waals surface area contributed by atoms with Crippen molar-refractivity contribution in [2.45, 2.75) is 13.3 Å². The van der Waals surface area contributed by atoms with Crippen molar-refractivity contribution in [3.63, 3.8) is 0 Å². The highest BCUT2D eigenvalue weighted by Gasteiger charge is 2.33. The summed E-state index contributed by atoms with van der Waals surface area (Å²) in [5.41, 5.74) is 0.949. The van der Waals surface area contributed by atoms with E-state index in [1.807, 2.05) is 30.0 Å². The lowest BCUT2D eigenvalue weighted by atomic mass is 9.92. The van der Waals surface area contributed by atoms with Crippen LogP contribution in [0.1, 0.15) is 21.7 Å². The fraction of sp³-hybridized carbons (Fsp3) is 0.227. The van der Waals surface area contributed by atoms with Crippen LogP contribution in [0.25, 0.3) is 16.2 Å². The molecule has 0 saturated carbocycles. The number of pyridine rings is 3. The standard InChI is InChI=1S/C22H18N6O4S/c1-12-3-2-4-14(25-12)7-17(29)13-8-27(9-13)18-6-5-15-19(30)16(21(31)32)10-28(20(15)26-18)22-23-11-24-33-22/h2-6,10-11,13H,7-9H2,1H3,(H,31,32). The Balaban J connectivity index is 1.42. The quantitative estimate of drug-likeness (QED) is 0.456. The van der Waals surface area contributed by atoms with Gasteiger partial charge in [-0.25, -0.2) is 14.8 Å². The van der Waals surface area contributed by atoms with Gasteiger partial charge in [-0.1, -0.05) is 6.07 Å². The zero-order valence-corrected chi connectivity index (χ0v) is 18.3. The number of anilines is 1. The Kier molecular flexibility index (Phi) is 5.17. The maximum Gasteiger partial charge on any atom is 0.341 e. The van der Waals surface area contributed by atoms with E-state index in [2.05, 4.69) is 19.3 Å². The fourth-order valence-electron chi connectivity index (χ4n) is 3.83. The maximum atomic E-state index is 12.7. The lowest BCUT2D eigenvalue weighted by Crippen LogP contribution is -2.51. The van der Waals surface area contributed by atoms with Crippen LogP contribution in [-0.2, 0) is 11.2 Å². The van der Waals surface area contributed by atoms with Crippen molar-refractivity contribution in [3.8, 4) is 5.13 Å². The molecule has 1 aliphatic heterocycles. The van der Waals surface area contributed by atoms with E-state index in [1.54, 1.807) is 12.1 Å². The predicted octanol–water partition coefficient (Wildman–Crippen LogP) is 1.89. The van der Waals surface area contributed by atoms with Crippen molar-refractivity contribution >= 4 is 40.1 Å². The fourth-order valence-corrected chi connectivity index (χ4v) is 4.34. The summed E-state index contributed by atoms with van der Waals surface area (Å²) in [7, 11) is 0. The Hall–Kier alpha value is -3.99. The number of aromatic carboxylic acids is 1. The van der Waals surface area contributed by atoms with E-state index in [4.69, 9.17) is 0 Å². The molecule has 4 aromatic heterocycles. The molecule has 0 spiro atoms. The summed E-state index contributed by atoms with van der Waals surface area (Å²) in [4.78, 5) is 52.0. The molecular weight excluding hydrogens is 444 g/mol. The van der Waals surface area contributed by atoms with Gasteiger partial charge in [0.1, 0.15) is 23.5 Å². The first-order valence-electron chi connectivity index (χ1n) is 10.2. The van der Waals surface area contributed by atoms with E-state index >= 15 is 0 Å². The predicted molar refractivity (Wildman–Crippen MR) is 121 cm³/mol. The van der Waals surface area contributed by atoms with Crippen LogP contribution in [0.4, 0.5) is 5.82 Å². The molecule has 1 saturated heterocycles. The Bertz CT molecular complexity index is 1440. The number of aromatic nitrogens is 5. The highest BCUT2D eigenvalue weighted by Crippen LogP contribution is 2.27. The first kappa shape index (κ1) is 20.9. The number of carbonyl (C=O) groups is 2. The molecule has 5 heterocycles. The molecular formula is C22H18N6O4S. The molecule has 1 fully saturated rings. The molecule has 0 aromatic carbocycles. The van der Waals surface area contributed by atoms with Gasteiger partial charge in [0.15, 0.2) is 5.65 Å². The van der Waals surface area contributed by atoms with Gasteiger partial charge in [0, 0.05) is 48.6 Å². The molecule has 0 amide bonds. The first-order valence-corrected chi connectivity index (χ1v) is 10.9. The Morgan fingerprint density at radius 1 is 1.18 bits per heavy atom. The van der Waals surface area contributed by atoms with Crippen LogP contribution in [0.15, 0.2) is 47.7 Å². The molecule has 10 nitrogen and oxygen atoms in total. The lowest BCUT2D eigenvalue weighted by Gasteiger charge is -2.39. The highest BCUT2D eigenvalue weighted by molar-refractivity contribution is 7.08. The molecule has 0 atom stereocenters. The number of fused-ring (bicyclic) bond motifs is 1. The van der Waals surface area contributed by atoms with E-state index < -0.39 is 11.4 Å². The maximum absolute atomic E-state index is 12.7. The summed E-state index contributed by atoms with van der Waals surface area (Å²) in [5.74, 6) is -0.719. The van der Waals surface area contributed by atoms with Crippen molar-refractivity contribution in [2.24, 2.45) is 5.92 Å². The topological polar surface area (TPSA) is 131 Å². The molecule has 5 rings (SSSR count). The zero-order valence-electron chi connectivity index (χ0n) is 17.5. The van der Waals surface area contributed by atoms with Crippen molar-refractivity contribution in [2.75, 3.05) is 18.0 Å². The minimum atomic E-state index is -1.32. The van der Waals surface area contributed by atoms with Gasteiger partial charge < -0.3 is 10.0 Å². The smallest absolute Gasteiger partial charge is 0.341 e. The van der Waals surface area contributed by atoms with E-state index in [9.17, 15) is 19.5 Å². The monoisotopic (exact) mass is 462 g/mol. The number of carbonyl (C=O) groups excluding carboxylic acids is 1. The molecule has 0 bridgehead atoms. The molecule has 0 radical (unpaired) electrons. The van der Waals surface area contributed by atoms with E-state index in [0.717, 1.165) is 22.9 Å². The molecule has 1 aliphatic rings. The number of aryl methyl sites for hydroxylation is 1. The highest BCUT2D eigenvalue weighted by atomic mass is 32.1. The second kappa shape index (κ2) is 8.17. The van der Waals surface area contributed by atoms with Crippen LogP contribution in [0.2, 0.25) is 0 Å². The van der Waals surface area contributed by atoms with Crippen LogP contribution in [-0.4, -0.2) is 53.8 Å². The van der Waals surface area contributed by atoms with Gasteiger partial charge in [0.25, 0.3) is 0 Å². The number of carboxylic acid groups (broad SMARTS) is 1. The molecule has 166 valence electrons.